The lowest BCUT2D eigenvalue weighted by Gasteiger charge is -2.46. The van der Waals surface area contributed by atoms with E-state index in [1.807, 2.05) is 25.1 Å². The van der Waals surface area contributed by atoms with E-state index in [0.29, 0.717) is 17.2 Å². The molecule has 2 aromatic rings. The maximum Gasteiger partial charge on any atom is 0.127 e. The number of phenolic OH excluding ortho intramolecular Hbond substituents is 3. The first-order valence-corrected chi connectivity index (χ1v) is 18.0. The minimum Gasteiger partial charge on any atom is -0.507 e. The number of ether oxygens (including phenoxy) is 1. The highest BCUT2D eigenvalue weighted by Gasteiger charge is 2.45. The maximum absolute atomic E-state index is 10.7. The Hall–Kier alpha value is -3.14. The molecule has 3 N–H and O–H groups in total. The van der Waals surface area contributed by atoms with E-state index in [0.717, 1.165) is 67.4 Å². The molecule has 0 spiro atoms. The Bertz CT molecular complexity index is 1400. The molecule has 4 atom stereocenters. The van der Waals surface area contributed by atoms with Crippen molar-refractivity contribution < 1.29 is 20.1 Å². The standard InChI is InChI=1S/2C21H30O2/c1-5-6-7-8-15-12-18(22)20-16-11-14(2)9-10-17(16)21(3,4)23-19(20)13-15;1-5-6-7-8-16-12-19(22)21(20(23)13-16)18-11-15(4)9-10-17(18)14(2)3/h11-13,16-17,22H,5-10H2,1-4H3;11-13,17-18,22-23H,2,5-10H2,1,3-4H3/t16-,17-;17-,18?/m10/s1. The Labute approximate surface area is 279 Å². The van der Waals surface area contributed by atoms with Crippen LogP contribution in [-0.4, -0.2) is 20.9 Å². The van der Waals surface area contributed by atoms with Gasteiger partial charge in [-0.05, 0) is 127 Å². The molecule has 1 unspecified atom stereocenters. The van der Waals surface area contributed by atoms with Gasteiger partial charge in [0.25, 0.3) is 0 Å². The van der Waals surface area contributed by atoms with Crippen LogP contribution in [0.4, 0.5) is 0 Å². The van der Waals surface area contributed by atoms with E-state index in [9.17, 15) is 15.3 Å². The number of aryl methyl sites for hydroxylation is 2. The molecule has 252 valence electrons. The minimum absolute atomic E-state index is 0.0194. The number of fused-ring (bicyclic) bond motifs is 3. The van der Waals surface area contributed by atoms with E-state index in [1.165, 1.54) is 48.8 Å². The minimum atomic E-state index is -0.177. The molecule has 0 amide bonds. The molecule has 4 heteroatoms. The van der Waals surface area contributed by atoms with Crippen LogP contribution in [0.5, 0.6) is 23.0 Å². The summed E-state index contributed by atoms with van der Waals surface area (Å²) in [7, 11) is 0. The second-order valence-corrected chi connectivity index (χ2v) is 14.9. The number of phenols is 3. The lowest BCUT2D eigenvalue weighted by Crippen LogP contribution is -2.45. The van der Waals surface area contributed by atoms with Gasteiger partial charge in [-0.2, -0.15) is 0 Å². The number of aromatic hydroxyl groups is 3. The van der Waals surface area contributed by atoms with E-state index < -0.39 is 0 Å². The summed E-state index contributed by atoms with van der Waals surface area (Å²) >= 11 is 0. The monoisotopic (exact) mass is 628 g/mol. The number of benzene rings is 2. The Morgan fingerprint density at radius 2 is 1.26 bits per heavy atom. The van der Waals surface area contributed by atoms with Gasteiger partial charge in [0.05, 0.1) is 0 Å². The van der Waals surface area contributed by atoms with E-state index in [4.69, 9.17) is 4.74 Å². The summed E-state index contributed by atoms with van der Waals surface area (Å²) in [4.78, 5) is 0. The molecule has 0 fully saturated rings. The zero-order valence-electron chi connectivity index (χ0n) is 29.7. The van der Waals surface area contributed by atoms with Crippen LogP contribution in [0.2, 0.25) is 0 Å². The van der Waals surface area contributed by atoms with Gasteiger partial charge in [-0.25, -0.2) is 0 Å². The number of hydrogen-bond acceptors (Lipinski definition) is 4. The molecule has 46 heavy (non-hydrogen) atoms. The van der Waals surface area contributed by atoms with Gasteiger partial charge >= 0.3 is 0 Å². The van der Waals surface area contributed by atoms with Gasteiger partial charge in [-0.1, -0.05) is 75.0 Å². The molecule has 0 bridgehead atoms. The van der Waals surface area contributed by atoms with Crippen molar-refractivity contribution in [3.8, 4) is 23.0 Å². The molecule has 2 aromatic carbocycles. The second kappa shape index (κ2) is 15.6. The summed E-state index contributed by atoms with van der Waals surface area (Å²) in [5, 5.41) is 31.8. The first kappa shape index (κ1) is 35.7. The summed E-state index contributed by atoms with van der Waals surface area (Å²) in [6.07, 6.45) is 17.9. The van der Waals surface area contributed by atoms with Crippen molar-refractivity contribution in [2.24, 2.45) is 11.8 Å². The van der Waals surface area contributed by atoms with Gasteiger partial charge in [-0.15, -0.1) is 0 Å². The van der Waals surface area contributed by atoms with Crippen molar-refractivity contribution in [3.63, 3.8) is 0 Å². The van der Waals surface area contributed by atoms with Gasteiger partial charge < -0.3 is 20.1 Å². The van der Waals surface area contributed by atoms with Gasteiger partial charge in [0.1, 0.15) is 28.6 Å². The Kier molecular flexibility index (Phi) is 12.1. The highest BCUT2D eigenvalue weighted by atomic mass is 16.5. The van der Waals surface area contributed by atoms with Crippen molar-refractivity contribution in [2.75, 3.05) is 0 Å². The SMILES string of the molecule is C=C(C)[C@@H]1CCC(C)=CC1c1c(O)cc(CCCCC)cc1O.CCCCCc1cc(O)c2c(c1)OC(C)(C)[C@@H]1CCC(C)=C[C@@H]21. The molecule has 4 nitrogen and oxygen atoms in total. The predicted molar refractivity (Wildman–Crippen MR) is 192 cm³/mol. The third-order valence-corrected chi connectivity index (χ3v) is 10.6. The van der Waals surface area contributed by atoms with Gasteiger partial charge in [0, 0.05) is 28.9 Å². The fraction of sp³-hybridized carbons (Fsp3) is 0.571. The van der Waals surface area contributed by atoms with Crippen LogP contribution < -0.4 is 4.74 Å². The first-order valence-electron chi connectivity index (χ1n) is 18.0. The largest absolute Gasteiger partial charge is 0.507 e. The van der Waals surface area contributed by atoms with E-state index in [-0.39, 0.29) is 34.9 Å². The average molecular weight is 629 g/mol. The molecular weight excluding hydrogens is 568 g/mol. The van der Waals surface area contributed by atoms with Crippen LogP contribution >= 0.6 is 0 Å². The molecule has 0 aromatic heterocycles. The van der Waals surface area contributed by atoms with Crippen LogP contribution in [0.3, 0.4) is 0 Å². The molecule has 0 radical (unpaired) electrons. The second-order valence-electron chi connectivity index (χ2n) is 14.9. The third-order valence-electron chi connectivity index (χ3n) is 10.6. The van der Waals surface area contributed by atoms with Crippen molar-refractivity contribution in [2.45, 2.75) is 143 Å². The average Bonchev–Trinajstić information content (AvgIpc) is 2.96. The smallest absolute Gasteiger partial charge is 0.127 e. The quantitative estimate of drug-likeness (QED) is 0.181. The summed E-state index contributed by atoms with van der Waals surface area (Å²) in [5.41, 5.74) is 7.57. The Balaban J connectivity index is 0.000000209. The van der Waals surface area contributed by atoms with Crippen molar-refractivity contribution in [1.82, 2.24) is 0 Å². The summed E-state index contributed by atoms with van der Waals surface area (Å²) in [6, 6.07) is 7.79. The molecule has 0 saturated carbocycles. The lowest BCUT2D eigenvalue weighted by atomic mass is 9.68. The van der Waals surface area contributed by atoms with Gasteiger partial charge in [0.2, 0.25) is 0 Å². The fourth-order valence-electron chi connectivity index (χ4n) is 7.95. The number of unbranched alkanes of at least 4 members (excludes halogenated alkanes) is 4. The fourth-order valence-corrected chi connectivity index (χ4v) is 7.95. The van der Waals surface area contributed by atoms with Gasteiger partial charge in [0.15, 0.2) is 0 Å². The van der Waals surface area contributed by atoms with Crippen LogP contribution in [0, 0.1) is 11.8 Å². The normalized spacial score (nSPS) is 23.1. The van der Waals surface area contributed by atoms with Crippen molar-refractivity contribution in [1.29, 1.82) is 0 Å². The summed E-state index contributed by atoms with van der Waals surface area (Å²) < 4.78 is 6.36. The van der Waals surface area contributed by atoms with E-state index >= 15 is 0 Å². The Morgan fingerprint density at radius 1 is 0.761 bits per heavy atom. The third kappa shape index (κ3) is 8.41. The zero-order valence-corrected chi connectivity index (χ0v) is 29.7. The Morgan fingerprint density at radius 3 is 1.80 bits per heavy atom. The predicted octanol–water partition coefficient (Wildman–Crippen LogP) is 11.6. The first-order chi connectivity index (χ1) is 21.9. The van der Waals surface area contributed by atoms with Gasteiger partial charge in [-0.3, -0.25) is 0 Å². The summed E-state index contributed by atoms with van der Waals surface area (Å²) in [5.74, 6) is 2.78. The van der Waals surface area contributed by atoms with E-state index in [1.54, 1.807) is 0 Å². The zero-order chi connectivity index (χ0) is 33.6. The highest BCUT2D eigenvalue weighted by molar-refractivity contribution is 5.54. The molecule has 5 rings (SSSR count). The molecule has 0 saturated heterocycles. The van der Waals surface area contributed by atoms with Crippen LogP contribution in [0.15, 0.2) is 59.7 Å². The highest BCUT2D eigenvalue weighted by Crippen LogP contribution is 2.53. The topological polar surface area (TPSA) is 69.9 Å². The van der Waals surface area contributed by atoms with Crippen LogP contribution in [-0.2, 0) is 12.8 Å². The van der Waals surface area contributed by atoms with E-state index in [2.05, 4.69) is 66.3 Å². The number of hydrogen-bond donors (Lipinski definition) is 3. The number of allylic oxidation sites excluding steroid dienone is 5. The van der Waals surface area contributed by atoms with Crippen molar-refractivity contribution in [3.05, 3.63) is 82.0 Å². The molecule has 2 aliphatic carbocycles. The number of rotatable bonds is 10. The summed E-state index contributed by atoms with van der Waals surface area (Å²) in [6.45, 7) is 19.3. The van der Waals surface area contributed by atoms with Crippen LogP contribution in [0.1, 0.15) is 147 Å². The molecule has 1 aliphatic heterocycles. The maximum atomic E-state index is 10.7. The lowest BCUT2D eigenvalue weighted by molar-refractivity contribution is 0.0107. The van der Waals surface area contributed by atoms with Crippen LogP contribution in [0.25, 0.3) is 0 Å². The van der Waals surface area contributed by atoms with Crippen molar-refractivity contribution >= 4 is 0 Å². The molecular formula is C42H60O4. The molecule has 3 aliphatic rings. The molecule has 1 heterocycles.